The van der Waals surface area contributed by atoms with Crippen LogP contribution >= 0.6 is 0 Å². The van der Waals surface area contributed by atoms with Gasteiger partial charge in [0.2, 0.25) is 0 Å². The molecule has 0 radical (unpaired) electrons. The van der Waals surface area contributed by atoms with Crippen LogP contribution in [0.4, 0.5) is 0 Å². The van der Waals surface area contributed by atoms with Crippen molar-refractivity contribution in [3.05, 3.63) is 101 Å². The van der Waals surface area contributed by atoms with Gasteiger partial charge in [0.15, 0.2) is 0 Å². The molecule has 25 heavy (non-hydrogen) atoms. The van der Waals surface area contributed by atoms with E-state index in [0.29, 0.717) is 12.2 Å². The molecule has 0 aliphatic heterocycles. The Balaban J connectivity index is 1.75. The van der Waals surface area contributed by atoms with Gasteiger partial charge >= 0.3 is 0 Å². The molecule has 0 atom stereocenters. The highest BCUT2D eigenvalue weighted by atomic mass is 16.1. The normalized spacial score (nSPS) is 10.7. The van der Waals surface area contributed by atoms with Crippen LogP contribution in [0.25, 0.3) is 17.1 Å². The van der Waals surface area contributed by atoms with Crippen molar-refractivity contribution in [1.82, 2.24) is 19.6 Å². The van der Waals surface area contributed by atoms with E-state index in [2.05, 4.69) is 10.2 Å². The number of rotatable bonds is 4. The summed E-state index contributed by atoms with van der Waals surface area (Å²) in [5.74, 6) is 0. The van der Waals surface area contributed by atoms with Gasteiger partial charge in [-0.3, -0.25) is 4.79 Å². The molecule has 0 fully saturated rings. The van der Waals surface area contributed by atoms with Crippen molar-refractivity contribution < 1.29 is 0 Å². The van der Waals surface area contributed by atoms with Crippen LogP contribution < -0.4 is 5.56 Å². The summed E-state index contributed by atoms with van der Waals surface area (Å²) in [6.45, 7) is 0.437. The largest absolute Gasteiger partial charge is 0.268 e. The maximum absolute atomic E-state index is 12.2. The SMILES string of the molecule is O=c1ccc(-c2ccnn2-c2ccccc2)nn1Cc1ccccc1. The third-order valence-corrected chi connectivity index (χ3v) is 3.95. The molecule has 2 aromatic carbocycles. The molecule has 0 amide bonds. The second-order valence-corrected chi connectivity index (χ2v) is 5.66. The molecule has 5 heteroatoms. The predicted octanol–water partition coefficient (Wildman–Crippen LogP) is 3.14. The van der Waals surface area contributed by atoms with Gasteiger partial charge in [-0.15, -0.1) is 0 Å². The van der Waals surface area contributed by atoms with Crippen molar-refractivity contribution in [1.29, 1.82) is 0 Å². The first-order valence-corrected chi connectivity index (χ1v) is 8.03. The fraction of sp³-hybridized carbons (Fsp3) is 0.0500. The molecule has 0 aliphatic rings. The molecule has 5 nitrogen and oxygen atoms in total. The first-order chi connectivity index (χ1) is 12.3. The Hall–Kier alpha value is -3.47. The molecule has 0 saturated carbocycles. The predicted molar refractivity (Wildman–Crippen MR) is 96.6 cm³/mol. The van der Waals surface area contributed by atoms with Gasteiger partial charge in [-0.2, -0.15) is 10.2 Å². The zero-order valence-corrected chi connectivity index (χ0v) is 13.5. The van der Waals surface area contributed by atoms with Crippen LogP contribution in [0.1, 0.15) is 5.56 Å². The van der Waals surface area contributed by atoms with Gasteiger partial charge in [0, 0.05) is 6.07 Å². The van der Waals surface area contributed by atoms with Gasteiger partial charge in [-0.1, -0.05) is 48.5 Å². The van der Waals surface area contributed by atoms with Crippen molar-refractivity contribution >= 4 is 0 Å². The van der Waals surface area contributed by atoms with E-state index in [0.717, 1.165) is 16.9 Å². The van der Waals surface area contributed by atoms with Gasteiger partial charge in [-0.05, 0) is 29.8 Å². The monoisotopic (exact) mass is 328 g/mol. The first-order valence-electron chi connectivity index (χ1n) is 8.03. The molecular formula is C20H16N4O. The van der Waals surface area contributed by atoms with Crippen LogP contribution in [0.3, 0.4) is 0 Å². The molecular weight excluding hydrogens is 312 g/mol. The summed E-state index contributed by atoms with van der Waals surface area (Å²) in [7, 11) is 0. The summed E-state index contributed by atoms with van der Waals surface area (Å²) < 4.78 is 3.30. The quantitative estimate of drug-likeness (QED) is 0.578. The second kappa shape index (κ2) is 6.57. The van der Waals surface area contributed by atoms with Crippen LogP contribution in [-0.4, -0.2) is 19.6 Å². The fourth-order valence-electron chi connectivity index (χ4n) is 2.73. The number of aromatic nitrogens is 4. The van der Waals surface area contributed by atoms with Crippen molar-refractivity contribution in [3.8, 4) is 17.1 Å². The summed E-state index contributed by atoms with van der Waals surface area (Å²) in [6, 6.07) is 24.9. The Kier molecular flexibility index (Phi) is 3.96. The highest BCUT2D eigenvalue weighted by molar-refractivity contribution is 5.56. The fourth-order valence-corrected chi connectivity index (χ4v) is 2.73. The Morgan fingerprint density at radius 3 is 2.28 bits per heavy atom. The maximum Gasteiger partial charge on any atom is 0.267 e. The highest BCUT2D eigenvalue weighted by Gasteiger charge is 2.10. The van der Waals surface area contributed by atoms with Crippen molar-refractivity contribution in [2.24, 2.45) is 0 Å². The lowest BCUT2D eigenvalue weighted by molar-refractivity contribution is 0.641. The molecule has 0 unspecified atom stereocenters. The van der Waals surface area contributed by atoms with Crippen molar-refractivity contribution in [2.45, 2.75) is 6.54 Å². The second-order valence-electron chi connectivity index (χ2n) is 5.66. The third-order valence-electron chi connectivity index (χ3n) is 3.95. The van der Waals surface area contributed by atoms with Crippen LogP contribution in [0.15, 0.2) is 89.9 Å². The molecule has 2 heterocycles. The number of para-hydroxylation sites is 1. The number of nitrogens with zero attached hydrogens (tertiary/aromatic N) is 4. The maximum atomic E-state index is 12.2. The summed E-state index contributed by atoms with van der Waals surface area (Å²) in [5.41, 5.74) is 3.40. The highest BCUT2D eigenvalue weighted by Crippen LogP contribution is 2.19. The molecule has 0 bridgehead atoms. The minimum atomic E-state index is -0.127. The average molecular weight is 328 g/mol. The number of hydrogen-bond acceptors (Lipinski definition) is 3. The van der Waals surface area contributed by atoms with E-state index in [4.69, 9.17) is 0 Å². The minimum Gasteiger partial charge on any atom is -0.268 e. The van der Waals surface area contributed by atoms with Crippen molar-refractivity contribution in [2.75, 3.05) is 0 Å². The molecule has 0 saturated heterocycles. The molecule has 4 aromatic rings. The summed E-state index contributed by atoms with van der Waals surface area (Å²) >= 11 is 0. The van der Waals surface area contributed by atoms with E-state index in [-0.39, 0.29) is 5.56 Å². The van der Waals surface area contributed by atoms with Crippen LogP contribution in [0.5, 0.6) is 0 Å². The third kappa shape index (κ3) is 3.12. The Bertz CT molecular complexity index is 1040. The smallest absolute Gasteiger partial charge is 0.267 e. The van der Waals surface area contributed by atoms with Crippen molar-refractivity contribution in [3.63, 3.8) is 0 Å². The van der Waals surface area contributed by atoms with E-state index in [1.165, 1.54) is 4.68 Å². The zero-order chi connectivity index (χ0) is 17.1. The van der Waals surface area contributed by atoms with E-state index in [9.17, 15) is 4.79 Å². The van der Waals surface area contributed by atoms with Gasteiger partial charge in [0.1, 0.15) is 5.69 Å². The first kappa shape index (κ1) is 15.1. The van der Waals surface area contributed by atoms with Gasteiger partial charge in [0.05, 0.1) is 24.1 Å². The molecule has 0 aliphatic carbocycles. The lowest BCUT2D eigenvalue weighted by Gasteiger charge is -2.09. The summed E-state index contributed by atoms with van der Waals surface area (Å²) in [4.78, 5) is 12.2. The van der Waals surface area contributed by atoms with E-state index < -0.39 is 0 Å². The van der Waals surface area contributed by atoms with E-state index in [1.54, 1.807) is 18.3 Å². The molecule has 0 N–H and O–H groups in total. The zero-order valence-electron chi connectivity index (χ0n) is 13.5. The van der Waals surface area contributed by atoms with Gasteiger partial charge in [0.25, 0.3) is 5.56 Å². The Morgan fingerprint density at radius 1 is 0.800 bits per heavy atom. The standard InChI is InChI=1S/C20H16N4O/c25-20-12-11-18(22-23(20)15-16-7-3-1-4-8-16)19-13-14-21-24(19)17-9-5-2-6-10-17/h1-14H,15H2. The summed E-state index contributed by atoms with van der Waals surface area (Å²) in [5, 5.41) is 8.93. The van der Waals surface area contributed by atoms with Crippen LogP contribution in [-0.2, 0) is 6.54 Å². The number of hydrogen-bond donors (Lipinski definition) is 0. The minimum absolute atomic E-state index is 0.127. The lowest BCUT2D eigenvalue weighted by atomic mass is 10.2. The van der Waals surface area contributed by atoms with E-state index >= 15 is 0 Å². The molecule has 4 rings (SSSR count). The molecule has 2 aromatic heterocycles. The molecule has 122 valence electrons. The van der Waals surface area contributed by atoms with Gasteiger partial charge < -0.3 is 0 Å². The summed E-state index contributed by atoms with van der Waals surface area (Å²) in [6.07, 6.45) is 1.73. The Morgan fingerprint density at radius 2 is 1.52 bits per heavy atom. The van der Waals surface area contributed by atoms with Crippen LogP contribution in [0, 0.1) is 0 Å². The lowest BCUT2D eigenvalue weighted by Crippen LogP contribution is -2.23. The topological polar surface area (TPSA) is 52.7 Å². The van der Waals surface area contributed by atoms with E-state index in [1.807, 2.05) is 71.4 Å². The molecule has 0 spiro atoms. The number of benzene rings is 2. The Labute approximate surface area is 144 Å². The van der Waals surface area contributed by atoms with Gasteiger partial charge in [-0.25, -0.2) is 9.36 Å². The average Bonchev–Trinajstić information content (AvgIpc) is 3.15. The van der Waals surface area contributed by atoms with Crippen LogP contribution in [0.2, 0.25) is 0 Å².